The molecule has 148 valence electrons. The highest BCUT2D eigenvalue weighted by molar-refractivity contribution is 5.93. The Morgan fingerprint density at radius 1 is 1.30 bits per heavy atom. The van der Waals surface area contributed by atoms with Crippen LogP contribution in [0.2, 0.25) is 0 Å². The Labute approximate surface area is 165 Å². The number of carbonyl (C=O) groups excluding carboxylic acids is 1. The van der Waals surface area contributed by atoms with Gasteiger partial charge in [-0.25, -0.2) is 0 Å². The van der Waals surface area contributed by atoms with Crippen LogP contribution in [0.3, 0.4) is 0 Å². The first-order valence-electron chi connectivity index (χ1n) is 8.86. The number of carbonyl (C=O) groups is 1. The number of nitrogens with two attached hydrogens (primary N) is 1. The smallest absolute Gasteiger partial charge is 0.272 e. The molecule has 1 saturated heterocycles. The lowest BCUT2D eigenvalue weighted by atomic mass is 9.92. The van der Waals surface area contributed by atoms with Crippen molar-refractivity contribution in [3.05, 3.63) is 30.0 Å². The number of benzene rings is 1. The van der Waals surface area contributed by atoms with E-state index in [1.807, 2.05) is 23.1 Å². The molecule has 3 N–H and O–H groups in total. The monoisotopic (exact) mass is 394 g/mol. The molecule has 0 spiro atoms. The predicted molar refractivity (Wildman–Crippen MR) is 107 cm³/mol. The molecule has 1 aliphatic heterocycles. The zero-order valence-corrected chi connectivity index (χ0v) is 16.7. The van der Waals surface area contributed by atoms with Crippen molar-refractivity contribution in [2.75, 3.05) is 27.3 Å². The van der Waals surface area contributed by atoms with Gasteiger partial charge in [0.25, 0.3) is 5.91 Å². The number of hydrogen-bond donors (Lipinski definition) is 2. The lowest BCUT2D eigenvalue weighted by Crippen LogP contribution is -2.49. The van der Waals surface area contributed by atoms with Gasteiger partial charge in [0, 0.05) is 24.7 Å². The van der Waals surface area contributed by atoms with Gasteiger partial charge < -0.3 is 20.1 Å². The van der Waals surface area contributed by atoms with Crippen LogP contribution in [0.25, 0.3) is 11.3 Å². The van der Waals surface area contributed by atoms with E-state index in [-0.39, 0.29) is 24.4 Å². The number of ether oxygens (including phenoxy) is 2. The van der Waals surface area contributed by atoms with Crippen LogP contribution in [0.4, 0.5) is 0 Å². The SMILES string of the molecule is COc1ccc(-c2cc(C(=O)N3CCC(C)CC3CN)[nH]n2)cc1OC.Cl. The van der Waals surface area contributed by atoms with Crippen LogP contribution >= 0.6 is 12.4 Å². The number of aromatic amines is 1. The molecule has 3 rings (SSSR count). The van der Waals surface area contributed by atoms with Crippen molar-refractivity contribution < 1.29 is 14.3 Å². The molecule has 0 radical (unpaired) electrons. The van der Waals surface area contributed by atoms with Gasteiger partial charge in [-0.2, -0.15) is 5.10 Å². The molecule has 2 atom stereocenters. The second-order valence-electron chi connectivity index (χ2n) is 6.75. The van der Waals surface area contributed by atoms with Crippen LogP contribution in [0.5, 0.6) is 11.5 Å². The van der Waals surface area contributed by atoms with Gasteiger partial charge in [0.05, 0.1) is 19.9 Å². The van der Waals surface area contributed by atoms with Gasteiger partial charge >= 0.3 is 0 Å². The van der Waals surface area contributed by atoms with Crippen LogP contribution in [0.15, 0.2) is 24.3 Å². The van der Waals surface area contributed by atoms with E-state index < -0.39 is 0 Å². The van der Waals surface area contributed by atoms with Gasteiger partial charge in [-0.15, -0.1) is 12.4 Å². The average Bonchev–Trinajstić information content (AvgIpc) is 3.16. The molecule has 1 aromatic carbocycles. The minimum atomic E-state index is -0.0495. The van der Waals surface area contributed by atoms with E-state index in [0.29, 0.717) is 35.3 Å². The molecule has 2 aromatic rings. The number of aromatic nitrogens is 2. The van der Waals surface area contributed by atoms with Crippen molar-refractivity contribution in [3.8, 4) is 22.8 Å². The van der Waals surface area contributed by atoms with Crippen molar-refractivity contribution in [2.45, 2.75) is 25.8 Å². The lowest BCUT2D eigenvalue weighted by molar-refractivity contribution is 0.0567. The van der Waals surface area contributed by atoms with E-state index in [1.54, 1.807) is 20.3 Å². The molecule has 0 bridgehead atoms. The number of nitrogens with zero attached hydrogens (tertiary/aromatic N) is 2. The van der Waals surface area contributed by atoms with Crippen LogP contribution in [-0.2, 0) is 0 Å². The third-order valence-electron chi connectivity index (χ3n) is 5.00. The van der Waals surface area contributed by atoms with E-state index in [4.69, 9.17) is 15.2 Å². The van der Waals surface area contributed by atoms with Gasteiger partial charge in [-0.1, -0.05) is 6.92 Å². The maximum atomic E-state index is 12.9. The molecule has 0 saturated carbocycles. The number of methoxy groups -OCH3 is 2. The molecule has 1 aromatic heterocycles. The highest BCUT2D eigenvalue weighted by atomic mass is 35.5. The molecular formula is C19H27ClN4O3. The number of amides is 1. The fourth-order valence-electron chi connectivity index (χ4n) is 3.47. The van der Waals surface area contributed by atoms with Gasteiger partial charge in [-0.3, -0.25) is 9.89 Å². The maximum absolute atomic E-state index is 12.9. The van der Waals surface area contributed by atoms with Gasteiger partial charge in [-0.05, 0) is 43.0 Å². The summed E-state index contributed by atoms with van der Waals surface area (Å²) in [5.74, 6) is 1.81. The Morgan fingerprint density at radius 3 is 2.70 bits per heavy atom. The summed E-state index contributed by atoms with van der Waals surface area (Å²) in [5, 5.41) is 7.17. The topological polar surface area (TPSA) is 93.5 Å². The predicted octanol–water partition coefficient (Wildman–Crippen LogP) is 2.72. The Hall–Kier alpha value is -2.25. The quantitative estimate of drug-likeness (QED) is 0.813. The Balaban J connectivity index is 0.00000261. The van der Waals surface area contributed by atoms with Crippen LogP contribution in [0, 0.1) is 5.92 Å². The number of hydrogen-bond acceptors (Lipinski definition) is 5. The largest absolute Gasteiger partial charge is 0.493 e. The van der Waals surface area contributed by atoms with Crippen molar-refractivity contribution in [2.24, 2.45) is 11.7 Å². The summed E-state index contributed by atoms with van der Waals surface area (Å²) in [7, 11) is 3.18. The number of halogens is 1. The van der Waals surface area contributed by atoms with Gasteiger partial charge in [0.1, 0.15) is 5.69 Å². The summed E-state index contributed by atoms with van der Waals surface area (Å²) in [6.45, 7) is 3.41. The number of nitrogens with one attached hydrogen (secondary N) is 1. The summed E-state index contributed by atoms with van der Waals surface area (Å²) < 4.78 is 10.6. The second-order valence-corrected chi connectivity index (χ2v) is 6.75. The van der Waals surface area contributed by atoms with Crippen LogP contribution in [-0.4, -0.2) is 54.4 Å². The third kappa shape index (κ3) is 4.36. The number of H-pyrrole nitrogens is 1. The Bertz CT molecular complexity index is 780. The summed E-state index contributed by atoms with van der Waals surface area (Å²) in [5.41, 5.74) is 7.89. The van der Waals surface area contributed by atoms with E-state index in [0.717, 1.165) is 24.9 Å². The third-order valence-corrected chi connectivity index (χ3v) is 5.00. The minimum absolute atomic E-state index is 0. The van der Waals surface area contributed by atoms with E-state index in [9.17, 15) is 4.79 Å². The van der Waals surface area contributed by atoms with Crippen molar-refractivity contribution in [1.29, 1.82) is 0 Å². The first-order valence-corrected chi connectivity index (χ1v) is 8.86. The normalized spacial score (nSPS) is 19.3. The van der Waals surface area contributed by atoms with Crippen molar-refractivity contribution in [1.82, 2.24) is 15.1 Å². The molecule has 2 heterocycles. The highest BCUT2D eigenvalue weighted by Crippen LogP contribution is 2.32. The summed E-state index contributed by atoms with van der Waals surface area (Å²) >= 11 is 0. The fraction of sp³-hybridized carbons (Fsp3) is 0.474. The fourth-order valence-corrected chi connectivity index (χ4v) is 3.47. The van der Waals surface area contributed by atoms with Crippen molar-refractivity contribution in [3.63, 3.8) is 0 Å². The van der Waals surface area contributed by atoms with E-state index >= 15 is 0 Å². The molecule has 2 unspecified atom stereocenters. The van der Waals surface area contributed by atoms with Crippen LogP contribution < -0.4 is 15.2 Å². The zero-order valence-electron chi connectivity index (χ0n) is 15.9. The maximum Gasteiger partial charge on any atom is 0.272 e. The van der Waals surface area contributed by atoms with Crippen molar-refractivity contribution >= 4 is 18.3 Å². The molecule has 0 aliphatic carbocycles. The Morgan fingerprint density at radius 2 is 2.04 bits per heavy atom. The standard InChI is InChI=1S/C19H26N4O3.ClH/c1-12-6-7-23(14(8-12)11-20)19(24)16-10-15(21-22-16)13-4-5-17(25-2)18(9-13)26-3;/h4-5,9-10,12,14H,6-8,11,20H2,1-3H3,(H,21,22);1H. The van der Waals surface area contributed by atoms with Gasteiger partial charge in [0.2, 0.25) is 0 Å². The number of likely N-dealkylation sites (tertiary alicyclic amines) is 1. The second kappa shape index (κ2) is 9.10. The molecule has 27 heavy (non-hydrogen) atoms. The molecule has 1 fully saturated rings. The Kier molecular flexibility index (Phi) is 7.10. The first kappa shape index (κ1) is 21.1. The van der Waals surface area contributed by atoms with E-state index in [1.165, 1.54) is 0 Å². The average molecular weight is 395 g/mol. The molecule has 1 aliphatic rings. The molecule has 7 nitrogen and oxygen atoms in total. The number of rotatable bonds is 5. The minimum Gasteiger partial charge on any atom is -0.493 e. The van der Waals surface area contributed by atoms with E-state index in [2.05, 4.69) is 17.1 Å². The molecule has 1 amide bonds. The summed E-state index contributed by atoms with van der Waals surface area (Å²) in [6, 6.07) is 7.40. The molecular weight excluding hydrogens is 368 g/mol. The summed E-state index contributed by atoms with van der Waals surface area (Å²) in [6.07, 6.45) is 1.94. The molecule has 8 heteroatoms. The first-order chi connectivity index (χ1) is 12.6. The number of piperidine rings is 1. The van der Waals surface area contributed by atoms with Gasteiger partial charge in [0.15, 0.2) is 11.5 Å². The zero-order chi connectivity index (χ0) is 18.7. The lowest BCUT2D eigenvalue weighted by Gasteiger charge is -2.37. The highest BCUT2D eigenvalue weighted by Gasteiger charge is 2.30. The van der Waals surface area contributed by atoms with Crippen LogP contribution in [0.1, 0.15) is 30.3 Å². The summed E-state index contributed by atoms with van der Waals surface area (Å²) in [4.78, 5) is 14.8.